The third-order valence-corrected chi connectivity index (χ3v) is 23.9. The molecule has 0 aromatic carbocycles. The fraction of sp³-hybridized carbons (Fsp3) is 0.848. The molecule has 90 heavy (non-hydrogen) atoms. The number of amides is 6. The first-order valence-electron chi connectivity index (χ1n) is 34.6. The Morgan fingerprint density at radius 2 is 1.10 bits per heavy atom. The van der Waals surface area contributed by atoms with E-state index in [1.165, 1.54) is 24.3 Å². The van der Waals surface area contributed by atoms with Crippen LogP contribution in [0.2, 0.25) is 0 Å². The first-order valence-corrected chi connectivity index (χ1v) is 34.6. The maximum Gasteiger partial charge on any atom is 0.320 e. The average molecular weight is 1260 g/mol. The molecule has 2 saturated carbocycles. The molecule has 24 unspecified atom stereocenters. The molecule has 0 spiro atoms. The molecule has 26 atom stereocenters. The predicted molar refractivity (Wildman–Crippen MR) is 328 cm³/mol. The number of urea groups is 2. The first kappa shape index (κ1) is 65.4. The molecule has 2 aliphatic carbocycles. The maximum atomic E-state index is 18.1. The van der Waals surface area contributed by atoms with E-state index < -0.39 is 97.3 Å². The van der Waals surface area contributed by atoms with E-state index in [2.05, 4.69) is 62.5 Å². The van der Waals surface area contributed by atoms with Crippen molar-refractivity contribution in [2.45, 2.75) is 234 Å². The summed E-state index contributed by atoms with van der Waals surface area (Å²) in [5.41, 5.74) is 0. The fourth-order valence-corrected chi connectivity index (χ4v) is 19.9. The summed E-state index contributed by atoms with van der Waals surface area (Å²) in [6.07, 6.45) is 3.34. The number of fused-ring (bicyclic) bond motifs is 10. The van der Waals surface area contributed by atoms with E-state index in [4.69, 9.17) is 20.0 Å². The Hall–Kier alpha value is -4.66. The number of nitrogens with one attached hydrogen (secondary N) is 6. The van der Waals surface area contributed by atoms with E-state index in [9.17, 15) is 9.59 Å². The van der Waals surface area contributed by atoms with Gasteiger partial charge < -0.3 is 50.3 Å². The highest BCUT2D eigenvalue weighted by molar-refractivity contribution is 5.88. The number of nitrogens with zero attached hydrogens (tertiary/aromatic N) is 8. The van der Waals surface area contributed by atoms with E-state index in [1.54, 1.807) is 9.80 Å². The topological polar surface area (TPSA) is 226 Å². The van der Waals surface area contributed by atoms with E-state index in [1.807, 2.05) is 35.8 Å². The van der Waals surface area contributed by atoms with Crippen molar-refractivity contribution in [3.63, 3.8) is 0 Å². The normalized spacial score (nSPS) is 44.3. The van der Waals surface area contributed by atoms with E-state index >= 15 is 27.2 Å². The van der Waals surface area contributed by atoms with Gasteiger partial charge >= 0.3 is 12.1 Å². The molecule has 0 aromatic rings. The Labute approximate surface area is 529 Å². The number of carbonyl (C=O) groups excluding carboxylic acids is 4. The van der Waals surface area contributed by atoms with Crippen molar-refractivity contribution in [1.29, 1.82) is 10.5 Å². The molecule has 10 saturated heterocycles. The zero-order valence-corrected chi connectivity index (χ0v) is 53.4. The summed E-state index contributed by atoms with van der Waals surface area (Å²) < 4.78 is 83.4. The molecule has 6 N–H and O–H groups in total. The minimum Gasteiger partial charge on any atom is -0.378 e. The second-order valence-corrected chi connectivity index (χ2v) is 29.4. The number of halogens is 4. The van der Waals surface area contributed by atoms with Crippen LogP contribution in [-0.2, 0) is 19.1 Å². The van der Waals surface area contributed by atoms with Gasteiger partial charge in [-0.1, -0.05) is 20.8 Å². The average Bonchev–Trinajstić information content (AvgIpc) is 0.780. The van der Waals surface area contributed by atoms with Crippen LogP contribution in [0.4, 0.5) is 27.2 Å². The number of hydrogen-bond acceptors (Lipinski definition) is 14. The molecule has 6 amide bonds. The van der Waals surface area contributed by atoms with Crippen molar-refractivity contribution in [3.8, 4) is 12.1 Å². The maximum absolute atomic E-state index is 18.1. The lowest BCUT2D eigenvalue weighted by molar-refractivity contribution is -0.137. The van der Waals surface area contributed by atoms with Crippen LogP contribution >= 0.6 is 0 Å². The summed E-state index contributed by atoms with van der Waals surface area (Å²) in [6.45, 7) is 15.1. The monoisotopic (exact) mass is 1260 g/mol. The number of carbonyl (C=O) groups is 4. The van der Waals surface area contributed by atoms with Gasteiger partial charge in [0.2, 0.25) is 11.8 Å². The standard InChI is InChI=1S/C66H100F4N14O6/c1-36(2)55-59-41(17-21-73-55)11-10-28-90-50-31-40(30-46(68)54(50)58-48(70)33-43-61(77-65(87)83(59)63(43)76-58)81-25-23-79(34-38(81)4)51(85)15-7-19-71)29-37(3)56-60-42(18-22-74-56)12-9-27-89-49-14-6-13-45(67)53(49)57-47(69)32-44-62(78-66(88)84(60)64(44)75-57)82-26-24-80(35-39(82)5)52(86)16-8-20-72/h7-8,15-16,36-50,53-64,73-76H,6,9-14,17-18,21-35H2,1-5H3,(H,77,87)(H,78,88)/b15-7+,16-8+/t37?,38-,39-,40?,41?,42?,43?,44?,45?,46?,47?,48?,49?,50?,53?,54?,55?,56?,57?,58?,59?,60?,61?,62?,63?,64?/m0/s1. The summed E-state index contributed by atoms with van der Waals surface area (Å²) in [5.74, 6) is -2.93. The minimum absolute atomic E-state index is 0.0204. The molecular formula is C66H100F4N14O6. The van der Waals surface area contributed by atoms with Gasteiger partial charge in [-0.25, -0.2) is 27.2 Å². The van der Waals surface area contributed by atoms with Crippen LogP contribution in [0.15, 0.2) is 24.3 Å². The van der Waals surface area contributed by atoms with Gasteiger partial charge in [0, 0.05) is 137 Å². The molecular weight excluding hydrogens is 1160 g/mol. The number of alkyl halides is 4. The van der Waals surface area contributed by atoms with Gasteiger partial charge in [-0.2, -0.15) is 10.5 Å². The van der Waals surface area contributed by atoms with Crippen molar-refractivity contribution in [3.05, 3.63) is 24.3 Å². The molecule has 4 bridgehead atoms. The molecule has 10 heterocycles. The molecule has 12 aliphatic rings. The van der Waals surface area contributed by atoms with Gasteiger partial charge in [0.15, 0.2) is 0 Å². The number of rotatable bonds is 8. The van der Waals surface area contributed by atoms with Crippen molar-refractivity contribution < 1.29 is 46.2 Å². The van der Waals surface area contributed by atoms with Gasteiger partial charge in [-0.05, 0) is 146 Å². The third kappa shape index (κ3) is 12.9. The highest BCUT2D eigenvalue weighted by Gasteiger charge is 2.61. The van der Waals surface area contributed by atoms with Crippen molar-refractivity contribution in [2.75, 3.05) is 65.6 Å². The van der Waals surface area contributed by atoms with Crippen molar-refractivity contribution >= 4 is 23.9 Å². The van der Waals surface area contributed by atoms with Crippen molar-refractivity contribution in [2.24, 2.45) is 53.3 Å². The van der Waals surface area contributed by atoms with Gasteiger partial charge in [0.1, 0.15) is 24.7 Å². The lowest BCUT2D eigenvalue weighted by Gasteiger charge is -2.60. The largest absolute Gasteiger partial charge is 0.378 e. The second kappa shape index (κ2) is 28.1. The molecule has 20 nitrogen and oxygen atoms in total. The number of nitriles is 2. The highest BCUT2D eigenvalue weighted by atomic mass is 19.1. The molecule has 12 rings (SSSR count). The summed E-state index contributed by atoms with van der Waals surface area (Å²) in [6, 6.07) is 0.0846. The number of hydrogen-bond donors (Lipinski definition) is 6. The molecule has 12 fully saturated rings. The van der Waals surface area contributed by atoms with Crippen molar-refractivity contribution in [1.82, 2.24) is 61.3 Å². The minimum atomic E-state index is -1.47. The molecule has 0 aromatic heterocycles. The van der Waals surface area contributed by atoms with Crippen LogP contribution in [0.25, 0.3) is 0 Å². The quantitative estimate of drug-likeness (QED) is 0.101. The smallest absolute Gasteiger partial charge is 0.320 e. The van der Waals surface area contributed by atoms with Crippen LogP contribution in [0.5, 0.6) is 0 Å². The summed E-state index contributed by atoms with van der Waals surface area (Å²) in [4.78, 5) is 68.5. The molecule has 24 heteroatoms. The third-order valence-electron chi connectivity index (χ3n) is 23.9. The van der Waals surface area contributed by atoms with E-state index in [-0.39, 0.29) is 109 Å². The van der Waals surface area contributed by atoms with Crippen LogP contribution in [0.3, 0.4) is 0 Å². The molecule has 498 valence electrons. The van der Waals surface area contributed by atoms with E-state index in [0.717, 1.165) is 32.2 Å². The van der Waals surface area contributed by atoms with Crippen LogP contribution in [0.1, 0.15) is 125 Å². The van der Waals surface area contributed by atoms with Gasteiger partial charge in [-0.15, -0.1) is 0 Å². The lowest BCUT2D eigenvalue weighted by Crippen LogP contribution is -2.80. The lowest BCUT2D eigenvalue weighted by atomic mass is 9.67. The highest BCUT2D eigenvalue weighted by Crippen LogP contribution is 2.49. The number of allylic oxidation sites excluding steroid dienone is 2. The van der Waals surface area contributed by atoms with Crippen LogP contribution < -0.4 is 31.9 Å². The summed E-state index contributed by atoms with van der Waals surface area (Å²) >= 11 is 0. The summed E-state index contributed by atoms with van der Waals surface area (Å²) in [7, 11) is 0. The zero-order valence-electron chi connectivity index (χ0n) is 53.4. The van der Waals surface area contributed by atoms with E-state index in [0.29, 0.717) is 104 Å². The zero-order chi connectivity index (χ0) is 63.2. The fourth-order valence-electron chi connectivity index (χ4n) is 19.9. The predicted octanol–water partition coefficient (Wildman–Crippen LogP) is 5.43. The Bertz CT molecular complexity index is 2710. The van der Waals surface area contributed by atoms with Crippen LogP contribution in [-0.4, -0.2) is 229 Å². The molecule has 10 aliphatic heterocycles. The SMILES string of the molecule is CC(C)C1NCCC2CCCOC3CC(CC(C)C4NCCC5CCCOC6CCCC(F)C6C6NC7C(CC6F)C(N6CCN(C(=O)/C=C/C#N)C[C@@H]6C)NC(=O)N7C54)CC(F)C3C3NC4C(CC3F)C(N3CCN(C(=O)/C=C/C#N)C[C@@H]3C)NC(=O)N4C21. The van der Waals surface area contributed by atoms with Gasteiger partial charge in [0.05, 0.1) is 61.1 Å². The summed E-state index contributed by atoms with van der Waals surface area (Å²) in [5, 5.41) is 40.1. The first-order chi connectivity index (χ1) is 43.4. The number of piperidine rings is 4. The Balaban J connectivity index is 0.813. The van der Waals surface area contributed by atoms with Crippen LogP contribution in [0, 0.1) is 75.9 Å². The Kier molecular flexibility index (Phi) is 20.4. The number of ether oxygens (including phenoxy) is 2. The second-order valence-electron chi connectivity index (χ2n) is 29.4. The number of piperazine rings is 2. The van der Waals surface area contributed by atoms with Gasteiger partial charge in [-0.3, -0.25) is 30.0 Å². The molecule has 0 radical (unpaired) electrons. The Morgan fingerprint density at radius 3 is 1.61 bits per heavy atom. The van der Waals surface area contributed by atoms with Gasteiger partial charge in [0.25, 0.3) is 0 Å². The Morgan fingerprint density at radius 1 is 0.600 bits per heavy atom.